The van der Waals surface area contributed by atoms with E-state index in [9.17, 15) is 18.3 Å². The zero-order valence-corrected chi connectivity index (χ0v) is 22.7. The molecule has 0 spiro atoms. The summed E-state index contributed by atoms with van der Waals surface area (Å²) < 4.78 is 37.3. The molecular weight excluding hydrogens is 508 g/mol. The van der Waals surface area contributed by atoms with Crippen molar-refractivity contribution in [2.45, 2.75) is 51.8 Å². The van der Waals surface area contributed by atoms with E-state index >= 15 is 0 Å². The number of ether oxygens (including phenoxy) is 1. The quantitative estimate of drug-likeness (QED) is 0.351. The lowest BCUT2D eigenvalue weighted by atomic mass is 9.74. The largest absolute Gasteiger partial charge is 0.488 e. The smallest absolute Gasteiger partial charge is 0.279 e. The van der Waals surface area contributed by atoms with Gasteiger partial charge in [0.25, 0.3) is 10.2 Å². The van der Waals surface area contributed by atoms with Gasteiger partial charge in [0.05, 0.1) is 41.8 Å². The van der Waals surface area contributed by atoms with E-state index in [1.54, 1.807) is 19.2 Å². The minimum Gasteiger partial charge on any atom is -0.488 e. The summed E-state index contributed by atoms with van der Waals surface area (Å²) in [6, 6.07) is 12.9. The van der Waals surface area contributed by atoms with Gasteiger partial charge in [-0.25, -0.2) is 4.98 Å². The molecule has 2 heterocycles. The topological polar surface area (TPSA) is 140 Å². The maximum absolute atomic E-state index is 12.9. The van der Waals surface area contributed by atoms with E-state index in [1.807, 2.05) is 37.3 Å². The number of aliphatic hydroxyl groups excluding tert-OH is 1. The Morgan fingerprint density at radius 1 is 1.26 bits per heavy atom. The summed E-state index contributed by atoms with van der Waals surface area (Å²) in [5.41, 5.74) is 2.33. The molecule has 0 amide bonds. The Balaban J connectivity index is 1.46. The van der Waals surface area contributed by atoms with Crippen molar-refractivity contribution in [3.63, 3.8) is 0 Å². The highest BCUT2D eigenvalue weighted by atomic mass is 32.2. The Labute approximate surface area is 223 Å². The fourth-order valence-electron chi connectivity index (χ4n) is 4.68. The van der Waals surface area contributed by atoms with Crippen LogP contribution in [0.2, 0.25) is 0 Å². The number of aryl methyl sites for hydroxylation is 2. The third-order valence-corrected chi connectivity index (χ3v) is 8.46. The van der Waals surface area contributed by atoms with Crippen molar-refractivity contribution in [2.75, 3.05) is 13.7 Å². The number of aliphatic hydroxyl groups is 1. The van der Waals surface area contributed by atoms with Gasteiger partial charge in [-0.05, 0) is 50.3 Å². The molecule has 38 heavy (non-hydrogen) atoms. The minimum atomic E-state index is -3.76. The lowest BCUT2D eigenvalue weighted by Crippen LogP contribution is -2.38. The molecule has 1 aliphatic carbocycles. The van der Waals surface area contributed by atoms with Gasteiger partial charge >= 0.3 is 0 Å². The second kappa shape index (κ2) is 11.7. The number of carbonyl (C=O) groups is 1. The Hall–Kier alpha value is -3.19. The third-order valence-electron chi connectivity index (χ3n) is 7.00. The number of hydrogen-bond acceptors (Lipinski definition) is 8. The average molecular weight is 543 g/mol. The second-order valence-electron chi connectivity index (χ2n) is 9.83. The van der Waals surface area contributed by atoms with E-state index in [4.69, 9.17) is 4.74 Å². The molecule has 3 aromatic rings. The summed E-state index contributed by atoms with van der Waals surface area (Å²) in [5, 5.41) is 18.0. The Morgan fingerprint density at radius 3 is 2.71 bits per heavy atom. The van der Waals surface area contributed by atoms with Crippen molar-refractivity contribution in [2.24, 2.45) is 12.5 Å². The molecule has 0 aliphatic heterocycles. The first-order chi connectivity index (χ1) is 18.2. The maximum Gasteiger partial charge on any atom is 0.279 e. The molecular formula is C26H34N6O5S. The molecule has 0 radical (unpaired) electrons. The van der Waals surface area contributed by atoms with Gasteiger partial charge in [-0.2, -0.15) is 17.4 Å². The van der Waals surface area contributed by atoms with Crippen LogP contribution >= 0.6 is 0 Å². The Morgan fingerprint density at radius 2 is 2.03 bits per heavy atom. The van der Waals surface area contributed by atoms with Gasteiger partial charge in [0, 0.05) is 20.6 Å². The summed E-state index contributed by atoms with van der Waals surface area (Å²) in [4.78, 5) is 16.2. The molecule has 2 aromatic heterocycles. The van der Waals surface area contributed by atoms with E-state index < -0.39 is 15.6 Å². The van der Waals surface area contributed by atoms with Crippen LogP contribution in [0.25, 0.3) is 11.4 Å². The van der Waals surface area contributed by atoms with Crippen molar-refractivity contribution < 1.29 is 23.1 Å². The number of benzene rings is 1. The van der Waals surface area contributed by atoms with Gasteiger partial charge in [-0.15, -0.1) is 5.10 Å². The van der Waals surface area contributed by atoms with E-state index in [0.29, 0.717) is 41.4 Å². The molecule has 0 bridgehead atoms. The summed E-state index contributed by atoms with van der Waals surface area (Å²) in [7, 11) is -0.547. The van der Waals surface area contributed by atoms with Crippen LogP contribution in [0.15, 0.2) is 42.5 Å². The summed E-state index contributed by atoms with van der Waals surface area (Å²) in [6.45, 7) is 1.85. The number of hydrogen-bond donors (Lipinski definition) is 2. The first-order valence-electron chi connectivity index (χ1n) is 12.5. The van der Waals surface area contributed by atoms with Gasteiger partial charge in [0.15, 0.2) is 0 Å². The molecule has 1 aliphatic rings. The Kier molecular flexibility index (Phi) is 8.56. The molecule has 2 N–H and O–H groups in total. The number of pyridine rings is 1. The molecule has 0 saturated heterocycles. The lowest BCUT2D eigenvalue weighted by molar-refractivity contribution is -0.122. The fraction of sp³-hybridized carbons (Fsp3) is 0.462. The van der Waals surface area contributed by atoms with Gasteiger partial charge in [-0.1, -0.05) is 35.5 Å². The highest BCUT2D eigenvalue weighted by molar-refractivity contribution is 7.87. The molecule has 4 rings (SSSR count). The first kappa shape index (κ1) is 27.8. The van der Waals surface area contributed by atoms with Crippen LogP contribution in [0, 0.1) is 12.3 Å². The predicted molar refractivity (Wildman–Crippen MR) is 141 cm³/mol. The third kappa shape index (κ3) is 6.26. The Bertz CT molecular complexity index is 1360. The van der Waals surface area contributed by atoms with Gasteiger partial charge in [0.2, 0.25) is 0 Å². The molecule has 1 saturated carbocycles. The summed E-state index contributed by atoms with van der Waals surface area (Å²) in [6.07, 6.45) is 3.37. The van der Waals surface area contributed by atoms with Crippen molar-refractivity contribution in [1.29, 1.82) is 0 Å². The maximum atomic E-state index is 12.9. The van der Waals surface area contributed by atoms with E-state index in [0.717, 1.165) is 24.7 Å². The van der Waals surface area contributed by atoms with Crippen molar-refractivity contribution in [3.05, 3.63) is 59.4 Å². The summed E-state index contributed by atoms with van der Waals surface area (Å²) >= 11 is 0. The number of nitrogens with zero attached hydrogens (tertiary/aromatic N) is 5. The SMILES string of the molecule is Cc1nc(-c2nnn(C)c2CNS(=O)(=O)N(C)Cc2ccccc2)ccc1O[C@H]1CCCC(C=O)(CO)C1. The molecule has 11 nitrogen and oxygen atoms in total. The number of rotatable bonds is 11. The van der Waals surface area contributed by atoms with Crippen LogP contribution in [-0.4, -0.2) is 63.9 Å². The van der Waals surface area contributed by atoms with Crippen LogP contribution in [0.1, 0.15) is 42.6 Å². The number of aldehydes is 1. The number of nitrogens with one attached hydrogen (secondary N) is 1. The first-order valence-corrected chi connectivity index (χ1v) is 14.0. The minimum absolute atomic E-state index is 0.0176. The molecule has 2 atom stereocenters. The van der Waals surface area contributed by atoms with Gasteiger partial charge < -0.3 is 14.6 Å². The van der Waals surface area contributed by atoms with E-state index in [-0.39, 0.29) is 25.8 Å². The van der Waals surface area contributed by atoms with Gasteiger partial charge in [0.1, 0.15) is 17.7 Å². The second-order valence-corrected chi connectivity index (χ2v) is 11.7. The molecule has 1 unspecified atom stereocenters. The predicted octanol–water partition coefficient (Wildman–Crippen LogP) is 2.15. The van der Waals surface area contributed by atoms with Crippen molar-refractivity contribution in [1.82, 2.24) is 29.0 Å². The fourth-order valence-corrected chi connectivity index (χ4v) is 5.54. The van der Waals surface area contributed by atoms with Crippen molar-refractivity contribution in [3.8, 4) is 17.1 Å². The van der Waals surface area contributed by atoms with Crippen LogP contribution in [0.3, 0.4) is 0 Å². The van der Waals surface area contributed by atoms with Crippen LogP contribution in [0.4, 0.5) is 0 Å². The average Bonchev–Trinajstić information content (AvgIpc) is 3.29. The highest BCUT2D eigenvalue weighted by Crippen LogP contribution is 2.36. The number of aromatic nitrogens is 4. The van der Waals surface area contributed by atoms with Crippen LogP contribution < -0.4 is 9.46 Å². The van der Waals surface area contributed by atoms with Crippen LogP contribution in [-0.2, 0) is 35.1 Å². The zero-order chi connectivity index (χ0) is 27.3. The standard InChI is InChI=1S/C26H34N6O5S/c1-19-24(37-21-10-7-13-26(14-21,17-33)18-34)12-11-22(28-19)25-23(32(3)30-29-25)15-27-38(35,36)31(2)16-20-8-5-4-6-9-20/h4-6,8-9,11-12,17,21,27,34H,7,10,13-16,18H2,1-3H3/t21-,26?/m0/s1. The van der Waals surface area contributed by atoms with Gasteiger partial charge in [-0.3, -0.25) is 4.68 Å². The zero-order valence-electron chi connectivity index (χ0n) is 21.9. The molecule has 12 heteroatoms. The highest BCUT2D eigenvalue weighted by Gasteiger charge is 2.37. The molecule has 1 fully saturated rings. The monoisotopic (exact) mass is 542 g/mol. The normalized spacial score (nSPS) is 20.0. The lowest BCUT2D eigenvalue weighted by Gasteiger charge is -2.35. The number of carbonyl (C=O) groups excluding carboxylic acids is 1. The van der Waals surface area contributed by atoms with Crippen LogP contribution in [0.5, 0.6) is 5.75 Å². The molecule has 1 aromatic carbocycles. The van der Waals surface area contributed by atoms with E-state index in [1.165, 1.54) is 16.0 Å². The summed E-state index contributed by atoms with van der Waals surface area (Å²) in [5.74, 6) is 0.590. The van der Waals surface area contributed by atoms with Crippen molar-refractivity contribution >= 4 is 16.5 Å². The molecule has 204 valence electrons. The van der Waals surface area contributed by atoms with E-state index in [2.05, 4.69) is 20.0 Å².